The van der Waals surface area contributed by atoms with Crippen LogP contribution < -0.4 is 10.6 Å². The molecule has 2 saturated carbocycles. The van der Waals surface area contributed by atoms with E-state index in [1.807, 2.05) is 18.2 Å². The number of benzene rings is 3. The first-order chi connectivity index (χ1) is 16.7. The maximum atomic E-state index is 13.2. The molecule has 34 heavy (non-hydrogen) atoms. The fourth-order valence-corrected chi connectivity index (χ4v) is 6.96. The lowest BCUT2D eigenvalue weighted by atomic mass is 9.68. The summed E-state index contributed by atoms with van der Waals surface area (Å²) in [6, 6.07) is 25.9. The molecule has 3 aromatic rings. The number of carbonyl (C=O) groups is 1. The molecule has 6 rings (SSSR count). The molecule has 0 radical (unpaired) electrons. The van der Waals surface area contributed by atoms with Gasteiger partial charge in [0, 0.05) is 16.9 Å². The van der Waals surface area contributed by atoms with Crippen molar-refractivity contribution in [3.05, 3.63) is 95.1 Å². The number of carbonyl (C=O) groups excluding carboxylic acids is 1. The van der Waals surface area contributed by atoms with Crippen LogP contribution in [0.1, 0.15) is 78.0 Å². The van der Waals surface area contributed by atoms with Crippen molar-refractivity contribution >= 4 is 17.3 Å². The van der Waals surface area contributed by atoms with E-state index in [0.29, 0.717) is 17.9 Å². The van der Waals surface area contributed by atoms with E-state index >= 15 is 0 Å². The minimum atomic E-state index is -0.0194. The van der Waals surface area contributed by atoms with Crippen molar-refractivity contribution in [2.24, 2.45) is 17.8 Å². The van der Waals surface area contributed by atoms with Gasteiger partial charge in [-0.1, -0.05) is 55.8 Å². The molecule has 0 saturated heterocycles. The number of hydrogen-bond donors (Lipinski definition) is 2. The Balaban J connectivity index is 1.26. The molecular weight excluding hydrogens is 416 g/mol. The van der Waals surface area contributed by atoms with E-state index in [9.17, 15) is 4.79 Å². The first-order valence-corrected chi connectivity index (χ1v) is 13.1. The smallest absolute Gasteiger partial charge is 0.255 e. The monoisotopic (exact) mass is 450 g/mol. The quantitative estimate of drug-likeness (QED) is 0.406. The van der Waals surface area contributed by atoms with Gasteiger partial charge in [0.25, 0.3) is 5.91 Å². The number of anilines is 2. The van der Waals surface area contributed by atoms with Crippen LogP contribution in [0.2, 0.25) is 0 Å². The highest BCUT2D eigenvalue weighted by Gasteiger charge is 2.53. The van der Waals surface area contributed by atoms with Crippen LogP contribution in [-0.2, 0) is 6.42 Å². The SMILES string of the molecule is CCCCc1ccc(NC(=O)c2ccc3c(c2)[C@@H]2[C@H]4CC[C@@H](C4)[C@@H]2[C@H](c2ccccc2)N3)cc1. The Morgan fingerprint density at radius 1 is 0.971 bits per heavy atom. The molecule has 2 aliphatic carbocycles. The van der Waals surface area contributed by atoms with Gasteiger partial charge in [-0.2, -0.15) is 0 Å². The van der Waals surface area contributed by atoms with E-state index in [2.05, 4.69) is 72.2 Å². The van der Waals surface area contributed by atoms with Gasteiger partial charge in [0.15, 0.2) is 0 Å². The van der Waals surface area contributed by atoms with Gasteiger partial charge in [0.2, 0.25) is 0 Å². The lowest BCUT2D eigenvalue weighted by Gasteiger charge is -2.43. The molecule has 0 unspecified atom stereocenters. The lowest BCUT2D eigenvalue weighted by Crippen LogP contribution is -2.35. The van der Waals surface area contributed by atoms with Gasteiger partial charge in [-0.25, -0.2) is 0 Å². The molecule has 3 nitrogen and oxygen atoms in total. The summed E-state index contributed by atoms with van der Waals surface area (Å²) in [5, 5.41) is 6.99. The summed E-state index contributed by atoms with van der Waals surface area (Å²) in [5.74, 6) is 2.67. The van der Waals surface area contributed by atoms with Crippen molar-refractivity contribution in [2.75, 3.05) is 10.6 Å². The number of nitrogens with one attached hydrogen (secondary N) is 2. The number of fused-ring (bicyclic) bond motifs is 7. The molecule has 1 aliphatic heterocycles. The average molecular weight is 451 g/mol. The highest BCUT2D eigenvalue weighted by Crippen LogP contribution is 2.63. The third-order valence-corrected chi connectivity index (χ3v) is 8.54. The molecule has 3 aliphatic rings. The summed E-state index contributed by atoms with van der Waals surface area (Å²) >= 11 is 0. The van der Waals surface area contributed by atoms with Crippen molar-refractivity contribution in [3.63, 3.8) is 0 Å². The maximum absolute atomic E-state index is 13.2. The minimum absolute atomic E-state index is 0.0194. The van der Waals surface area contributed by atoms with Gasteiger partial charge in [0.1, 0.15) is 0 Å². The molecular formula is C31H34N2O. The lowest BCUT2D eigenvalue weighted by molar-refractivity contribution is 0.102. The van der Waals surface area contributed by atoms with E-state index in [0.717, 1.165) is 29.5 Å². The second kappa shape index (κ2) is 8.94. The summed E-state index contributed by atoms with van der Waals surface area (Å²) in [4.78, 5) is 13.2. The topological polar surface area (TPSA) is 41.1 Å². The normalized spacial score (nSPS) is 26.4. The Kier molecular flexibility index (Phi) is 5.64. The van der Waals surface area contributed by atoms with Crippen LogP contribution in [0.4, 0.5) is 11.4 Å². The first-order valence-electron chi connectivity index (χ1n) is 13.1. The van der Waals surface area contributed by atoms with Gasteiger partial charge in [-0.15, -0.1) is 0 Å². The van der Waals surface area contributed by atoms with Crippen LogP contribution in [0.3, 0.4) is 0 Å². The fourth-order valence-electron chi connectivity index (χ4n) is 6.96. The number of rotatable bonds is 6. The van der Waals surface area contributed by atoms with Crippen molar-refractivity contribution in [1.29, 1.82) is 0 Å². The zero-order valence-electron chi connectivity index (χ0n) is 20.0. The predicted molar refractivity (Wildman–Crippen MR) is 139 cm³/mol. The average Bonchev–Trinajstić information content (AvgIpc) is 3.51. The van der Waals surface area contributed by atoms with Crippen molar-refractivity contribution in [3.8, 4) is 0 Å². The van der Waals surface area contributed by atoms with Gasteiger partial charge in [-0.3, -0.25) is 4.79 Å². The molecule has 3 heteroatoms. The third kappa shape index (κ3) is 3.81. The highest BCUT2D eigenvalue weighted by molar-refractivity contribution is 6.04. The number of hydrogen-bond acceptors (Lipinski definition) is 2. The Bertz CT molecular complexity index is 1170. The Morgan fingerprint density at radius 3 is 2.56 bits per heavy atom. The molecule has 1 amide bonds. The van der Waals surface area contributed by atoms with Crippen LogP contribution >= 0.6 is 0 Å². The summed E-state index contributed by atoms with van der Waals surface area (Å²) in [5.41, 5.74) is 6.90. The maximum Gasteiger partial charge on any atom is 0.255 e. The Morgan fingerprint density at radius 2 is 1.76 bits per heavy atom. The standard InChI is InChI=1S/C31H34N2O/c1-2-3-7-20-10-15-25(16-11-20)32-31(34)24-14-17-27-26(19-24)28-22-12-13-23(18-22)29(28)30(33-27)21-8-5-4-6-9-21/h4-6,8-11,14-17,19,22-23,28-30,33H,2-3,7,12-13,18H2,1H3,(H,32,34)/t22-,23-,28-,29-,30-/m0/s1. The zero-order valence-corrected chi connectivity index (χ0v) is 20.0. The van der Waals surface area contributed by atoms with Crippen molar-refractivity contribution < 1.29 is 4.79 Å². The van der Waals surface area contributed by atoms with Crippen LogP contribution in [-0.4, -0.2) is 5.91 Å². The molecule has 2 bridgehead atoms. The molecule has 174 valence electrons. The summed E-state index contributed by atoms with van der Waals surface area (Å²) < 4.78 is 0. The number of aryl methyl sites for hydroxylation is 1. The third-order valence-electron chi connectivity index (χ3n) is 8.54. The summed E-state index contributed by atoms with van der Waals surface area (Å²) in [6.45, 7) is 2.21. The molecule has 3 aromatic carbocycles. The number of unbranched alkanes of at least 4 members (excludes halogenated alkanes) is 1. The largest absolute Gasteiger partial charge is 0.378 e. The van der Waals surface area contributed by atoms with E-state index in [4.69, 9.17) is 0 Å². The predicted octanol–water partition coefficient (Wildman–Crippen LogP) is 7.58. The van der Waals surface area contributed by atoms with E-state index < -0.39 is 0 Å². The van der Waals surface area contributed by atoms with Gasteiger partial charge in [-0.05, 0) is 103 Å². The Hall–Kier alpha value is -3.07. The van der Waals surface area contributed by atoms with Crippen LogP contribution in [0.25, 0.3) is 0 Å². The van der Waals surface area contributed by atoms with Crippen molar-refractivity contribution in [1.82, 2.24) is 0 Å². The Labute approximate surface area is 203 Å². The summed E-state index contributed by atoms with van der Waals surface area (Å²) in [7, 11) is 0. The number of amides is 1. The second-order valence-electron chi connectivity index (χ2n) is 10.5. The summed E-state index contributed by atoms with van der Waals surface area (Å²) in [6.07, 6.45) is 7.50. The van der Waals surface area contributed by atoms with Gasteiger partial charge < -0.3 is 10.6 Å². The van der Waals surface area contributed by atoms with E-state index in [1.54, 1.807) is 0 Å². The molecule has 5 atom stereocenters. The zero-order chi connectivity index (χ0) is 23.1. The fraction of sp³-hybridized carbons (Fsp3) is 0.387. The van der Waals surface area contributed by atoms with Crippen LogP contribution in [0.15, 0.2) is 72.8 Å². The highest BCUT2D eigenvalue weighted by atomic mass is 16.1. The van der Waals surface area contributed by atoms with Crippen molar-refractivity contribution in [2.45, 2.75) is 57.4 Å². The molecule has 0 aromatic heterocycles. The van der Waals surface area contributed by atoms with Crippen LogP contribution in [0, 0.1) is 17.8 Å². The van der Waals surface area contributed by atoms with Gasteiger partial charge in [0.05, 0.1) is 6.04 Å². The van der Waals surface area contributed by atoms with E-state index in [-0.39, 0.29) is 5.91 Å². The first kappa shape index (κ1) is 21.5. The minimum Gasteiger partial charge on any atom is -0.378 e. The van der Waals surface area contributed by atoms with Gasteiger partial charge >= 0.3 is 0 Å². The molecule has 0 spiro atoms. The van der Waals surface area contributed by atoms with Crippen LogP contribution in [0.5, 0.6) is 0 Å². The molecule has 2 fully saturated rings. The van der Waals surface area contributed by atoms with E-state index in [1.165, 1.54) is 54.5 Å². The molecule has 1 heterocycles. The molecule has 2 N–H and O–H groups in total. The second-order valence-corrected chi connectivity index (χ2v) is 10.5.